The van der Waals surface area contributed by atoms with Gasteiger partial charge in [-0.25, -0.2) is 15.0 Å². The summed E-state index contributed by atoms with van der Waals surface area (Å²) in [6.45, 7) is 6.01. The van der Waals surface area contributed by atoms with Gasteiger partial charge in [0, 0.05) is 11.6 Å². The van der Waals surface area contributed by atoms with Crippen LogP contribution in [-0.2, 0) is 12.8 Å². The lowest BCUT2D eigenvalue weighted by Crippen LogP contribution is -2.07. The van der Waals surface area contributed by atoms with E-state index < -0.39 is 0 Å². The standard InChI is InChI=1S/C15H20N4O/c1-5-11-14(18-12(6-2)15(16)19-11)10-7-8-13(20-4)17-9(10)3/h7-8H,5-6H2,1-4H3,(H2,16,19). The number of hydrogen-bond acceptors (Lipinski definition) is 5. The summed E-state index contributed by atoms with van der Waals surface area (Å²) in [5, 5.41) is 0. The van der Waals surface area contributed by atoms with Gasteiger partial charge in [0.15, 0.2) is 0 Å². The molecule has 2 N–H and O–H groups in total. The highest BCUT2D eigenvalue weighted by Gasteiger charge is 2.14. The molecule has 106 valence electrons. The number of aromatic nitrogens is 3. The molecule has 0 saturated carbocycles. The van der Waals surface area contributed by atoms with Gasteiger partial charge in [0.2, 0.25) is 5.88 Å². The Morgan fingerprint density at radius 2 is 1.75 bits per heavy atom. The molecule has 0 spiro atoms. The van der Waals surface area contributed by atoms with Crippen LogP contribution in [-0.4, -0.2) is 22.1 Å². The van der Waals surface area contributed by atoms with Crippen molar-refractivity contribution in [3.63, 3.8) is 0 Å². The lowest BCUT2D eigenvalue weighted by molar-refractivity contribution is 0.397. The van der Waals surface area contributed by atoms with E-state index in [9.17, 15) is 0 Å². The monoisotopic (exact) mass is 272 g/mol. The van der Waals surface area contributed by atoms with E-state index in [1.165, 1.54) is 0 Å². The van der Waals surface area contributed by atoms with Crippen LogP contribution in [0.25, 0.3) is 11.3 Å². The smallest absolute Gasteiger partial charge is 0.213 e. The topological polar surface area (TPSA) is 73.9 Å². The van der Waals surface area contributed by atoms with E-state index in [1.54, 1.807) is 7.11 Å². The maximum atomic E-state index is 5.93. The third-order valence-corrected chi connectivity index (χ3v) is 3.27. The van der Waals surface area contributed by atoms with E-state index in [4.69, 9.17) is 10.5 Å². The maximum Gasteiger partial charge on any atom is 0.213 e. The molecule has 20 heavy (non-hydrogen) atoms. The third kappa shape index (κ3) is 2.57. The number of anilines is 1. The number of hydrogen-bond donors (Lipinski definition) is 1. The van der Waals surface area contributed by atoms with Crippen molar-refractivity contribution in [3.05, 3.63) is 29.2 Å². The van der Waals surface area contributed by atoms with E-state index in [2.05, 4.69) is 15.0 Å². The lowest BCUT2D eigenvalue weighted by atomic mass is 10.1. The number of nitrogens with zero attached hydrogens (tertiary/aromatic N) is 3. The molecule has 0 fully saturated rings. The quantitative estimate of drug-likeness (QED) is 0.926. The zero-order valence-electron chi connectivity index (χ0n) is 12.4. The second kappa shape index (κ2) is 5.86. The number of rotatable bonds is 4. The predicted molar refractivity (Wildman–Crippen MR) is 79.7 cm³/mol. The summed E-state index contributed by atoms with van der Waals surface area (Å²) in [6, 6.07) is 3.81. The number of pyridine rings is 1. The zero-order chi connectivity index (χ0) is 14.7. The van der Waals surface area contributed by atoms with Crippen molar-refractivity contribution >= 4 is 5.82 Å². The minimum absolute atomic E-state index is 0.521. The molecule has 0 unspecified atom stereocenters. The zero-order valence-corrected chi connectivity index (χ0v) is 12.4. The molecule has 0 aromatic carbocycles. The molecule has 0 amide bonds. The molecule has 5 heteroatoms. The van der Waals surface area contributed by atoms with E-state index in [0.717, 1.165) is 41.2 Å². The van der Waals surface area contributed by atoms with Gasteiger partial charge in [0.05, 0.1) is 29.9 Å². The summed E-state index contributed by atoms with van der Waals surface area (Å²) in [7, 11) is 1.61. The van der Waals surface area contributed by atoms with Crippen LogP contribution >= 0.6 is 0 Å². The first-order chi connectivity index (χ1) is 9.60. The van der Waals surface area contributed by atoms with Gasteiger partial charge in [0.1, 0.15) is 5.82 Å². The predicted octanol–water partition coefficient (Wildman–Crippen LogP) is 2.56. The van der Waals surface area contributed by atoms with Crippen LogP contribution in [0.1, 0.15) is 30.9 Å². The highest BCUT2D eigenvalue weighted by molar-refractivity contribution is 5.66. The van der Waals surface area contributed by atoms with Crippen LogP contribution in [0.3, 0.4) is 0 Å². The Kier molecular flexibility index (Phi) is 4.17. The second-order valence-corrected chi connectivity index (χ2v) is 4.54. The van der Waals surface area contributed by atoms with Crippen molar-refractivity contribution in [3.8, 4) is 17.1 Å². The molecule has 0 radical (unpaired) electrons. The summed E-state index contributed by atoms with van der Waals surface area (Å²) in [4.78, 5) is 13.6. The van der Waals surface area contributed by atoms with E-state index in [-0.39, 0.29) is 0 Å². The molecule has 0 saturated heterocycles. The molecule has 0 aliphatic rings. The molecular formula is C15H20N4O. The summed E-state index contributed by atoms with van der Waals surface area (Å²) < 4.78 is 5.14. The second-order valence-electron chi connectivity index (χ2n) is 4.54. The Bertz CT molecular complexity index is 626. The minimum Gasteiger partial charge on any atom is -0.481 e. The van der Waals surface area contributed by atoms with Crippen LogP contribution in [0.5, 0.6) is 5.88 Å². The molecule has 0 aliphatic heterocycles. The van der Waals surface area contributed by atoms with Crippen LogP contribution in [0, 0.1) is 6.92 Å². The minimum atomic E-state index is 0.521. The normalized spacial score (nSPS) is 10.6. The van der Waals surface area contributed by atoms with Crippen LogP contribution in [0.4, 0.5) is 5.82 Å². The Balaban J connectivity index is 2.61. The van der Waals surface area contributed by atoms with Gasteiger partial charge in [-0.1, -0.05) is 13.8 Å². The molecule has 0 bridgehead atoms. The highest BCUT2D eigenvalue weighted by atomic mass is 16.5. The Morgan fingerprint density at radius 3 is 2.30 bits per heavy atom. The average Bonchev–Trinajstić information content (AvgIpc) is 2.47. The Morgan fingerprint density at radius 1 is 1.05 bits per heavy atom. The largest absolute Gasteiger partial charge is 0.481 e. The molecule has 0 atom stereocenters. The number of ether oxygens (including phenoxy) is 1. The lowest BCUT2D eigenvalue weighted by Gasteiger charge is -2.12. The number of aryl methyl sites for hydroxylation is 3. The van der Waals surface area contributed by atoms with E-state index in [1.807, 2.05) is 32.9 Å². The van der Waals surface area contributed by atoms with E-state index in [0.29, 0.717) is 11.7 Å². The Hall–Kier alpha value is -2.17. The SMILES string of the molecule is CCc1nc(-c2ccc(OC)nc2C)c(CC)nc1N. The molecule has 5 nitrogen and oxygen atoms in total. The van der Waals surface area contributed by atoms with Gasteiger partial charge in [-0.05, 0) is 25.8 Å². The first-order valence-electron chi connectivity index (χ1n) is 6.77. The fourth-order valence-corrected chi connectivity index (χ4v) is 2.14. The average molecular weight is 272 g/mol. The summed E-state index contributed by atoms with van der Waals surface area (Å²) in [6.07, 6.45) is 1.54. The number of nitrogens with two attached hydrogens (primary N) is 1. The molecule has 0 aliphatic carbocycles. The van der Waals surface area contributed by atoms with Crippen LogP contribution in [0.2, 0.25) is 0 Å². The fraction of sp³-hybridized carbons (Fsp3) is 0.400. The third-order valence-electron chi connectivity index (χ3n) is 3.27. The molecular weight excluding hydrogens is 252 g/mol. The first-order valence-corrected chi connectivity index (χ1v) is 6.77. The van der Waals surface area contributed by atoms with Gasteiger partial charge in [-0.2, -0.15) is 0 Å². The van der Waals surface area contributed by atoms with Crippen molar-refractivity contribution in [2.75, 3.05) is 12.8 Å². The summed E-state index contributed by atoms with van der Waals surface area (Å²) >= 11 is 0. The summed E-state index contributed by atoms with van der Waals surface area (Å²) in [5.74, 6) is 1.12. The van der Waals surface area contributed by atoms with E-state index >= 15 is 0 Å². The van der Waals surface area contributed by atoms with Gasteiger partial charge < -0.3 is 10.5 Å². The van der Waals surface area contributed by atoms with Crippen molar-refractivity contribution in [1.29, 1.82) is 0 Å². The van der Waals surface area contributed by atoms with Gasteiger partial charge in [-0.15, -0.1) is 0 Å². The number of methoxy groups -OCH3 is 1. The highest BCUT2D eigenvalue weighted by Crippen LogP contribution is 2.27. The van der Waals surface area contributed by atoms with Crippen molar-refractivity contribution in [1.82, 2.24) is 15.0 Å². The van der Waals surface area contributed by atoms with Crippen molar-refractivity contribution < 1.29 is 4.74 Å². The molecule has 2 aromatic heterocycles. The van der Waals surface area contributed by atoms with Gasteiger partial charge in [-0.3, -0.25) is 0 Å². The number of nitrogen functional groups attached to an aromatic ring is 1. The van der Waals surface area contributed by atoms with Gasteiger partial charge in [0.25, 0.3) is 0 Å². The van der Waals surface area contributed by atoms with Crippen LogP contribution < -0.4 is 10.5 Å². The Labute approximate surface area is 119 Å². The fourth-order valence-electron chi connectivity index (χ4n) is 2.14. The molecule has 2 rings (SSSR count). The summed E-state index contributed by atoms with van der Waals surface area (Å²) in [5.41, 5.74) is 10.4. The van der Waals surface area contributed by atoms with Crippen molar-refractivity contribution in [2.24, 2.45) is 0 Å². The molecule has 2 heterocycles. The van der Waals surface area contributed by atoms with Gasteiger partial charge >= 0.3 is 0 Å². The maximum absolute atomic E-state index is 5.93. The first kappa shape index (κ1) is 14.2. The van der Waals surface area contributed by atoms with Crippen LogP contribution in [0.15, 0.2) is 12.1 Å². The molecule has 2 aromatic rings. The van der Waals surface area contributed by atoms with Crippen molar-refractivity contribution in [2.45, 2.75) is 33.6 Å².